The lowest BCUT2D eigenvalue weighted by Gasteiger charge is -2.30. The maximum absolute atomic E-state index is 14.0. The van der Waals surface area contributed by atoms with Gasteiger partial charge in [-0.2, -0.15) is 0 Å². The normalized spacial score (nSPS) is 13.0. The van der Waals surface area contributed by atoms with E-state index >= 15 is 0 Å². The molecule has 35 heavy (non-hydrogen) atoms. The molecule has 0 aliphatic carbocycles. The third-order valence-electron chi connectivity index (χ3n) is 6.01. The molecular formula is C29H21FN2O3. The van der Waals surface area contributed by atoms with Gasteiger partial charge in [0.05, 0.1) is 0 Å². The Morgan fingerprint density at radius 3 is 2.14 bits per heavy atom. The number of carbonyl (C=O) groups excluding carboxylic acids is 3. The van der Waals surface area contributed by atoms with E-state index in [1.54, 1.807) is 36.4 Å². The van der Waals surface area contributed by atoms with Crippen molar-refractivity contribution in [3.63, 3.8) is 0 Å². The number of anilines is 1. The topological polar surface area (TPSA) is 57.7 Å². The van der Waals surface area contributed by atoms with Crippen LogP contribution >= 0.6 is 0 Å². The van der Waals surface area contributed by atoms with Crippen LogP contribution in [0.25, 0.3) is 16.8 Å². The summed E-state index contributed by atoms with van der Waals surface area (Å²) in [5.74, 6) is -1.70. The fraction of sp³-hybridized carbons (Fsp3) is 0.0690. The van der Waals surface area contributed by atoms with E-state index in [0.29, 0.717) is 22.2 Å². The summed E-state index contributed by atoms with van der Waals surface area (Å²) in [6, 6.07) is 25.7. The summed E-state index contributed by atoms with van der Waals surface area (Å²) in [5.41, 5.74) is 2.08. The summed E-state index contributed by atoms with van der Waals surface area (Å²) in [4.78, 5) is 42.1. The number of nitrogens with zero attached hydrogens (tertiary/aromatic N) is 2. The van der Waals surface area contributed by atoms with Gasteiger partial charge in [-0.25, -0.2) is 4.39 Å². The molecule has 5 nitrogen and oxygen atoms in total. The molecular weight excluding hydrogens is 443 g/mol. The minimum atomic E-state index is -0.488. The molecule has 1 aliphatic heterocycles. The predicted octanol–water partition coefficient (Wildman–Crippen LogP) is 5.32. The van der Waals surface area contributed by atoms with Gasteiger partial charge in [-0.3, -0.25) is 19.3 Å². The maximum atomic E-state index is 14.0. The van der Waals surface area contributed by atoms with E-state index < -0.39 is 17.6 Å². The number of hydrogen-bond acceptors (Lipinski definition) is 3. The van der Waals surface area contributed by atoms with Gasteiger partial charge in [-0.15, -0.1) is 0 Å². The molecule has 0 saturated carbocycles. The van der Waals surface area contributed by atoms with E-state index in [4.69, 9.17) is 0 Å². The standard InChI is InChI=1S/C29H21FN2O3/c30-22-11-6-12-23(19-22)31(26(33)16-15-20-7-2-1-3-8-20)17-18-32-28(34)24-13-4-9-21-10-5-14-25(27(21)24)29(32)35/h1-16,19H,17-18H2/b16-15+. The Bertz CT molecular complexity index is 1430. The average molecular weight is 464 g/mol. The Hall–Kier alpha value is -4.58. The third kappa shape index (κ3) is 4.34. The summed E-state index contributed by atoms with van der Waals surface area (Å²) in [6.07, 6.45) is 3.07. The Morgan fingerprint density at radius 1 is 0.829 bits per heavy atom. The molecule has 4 aromatic carbocycles. The molecule has 0 unspecified atom stereocenters. The van der Waals surface area contributed by atoms with Crippen molar-refractivity contribution in [2.75, 3.05) is 18.0 Å². The van der Waals surface area contributed by atoms with Gasteiger partial charge in [0.2, 0.25) is 0 Å². The molecule has 0 N–H and O–H groups in total. The molecule has 0 spiro atoms. The highest BCUT2D eigenvalue weighted by atomic mass is 19.1. The first-order valence-corrected chi connectivity index (χ1v) is 11.2. The van der Waals surface area contributed by atoms with Crippen molar-refractivity contribution in [3.8, 4) is 0 Å². The van der Waals surface area contributed by atoms with Gasteiger partial charge in [0.1, 0.15) is 5.82 Å². The Kier molecular flexibility index (Phi) is 5.94. The quantitative estimate of drug-likeness (QED) is 0.287. The Labute approximate surface area is 201 Å². The number of carbonyl (C=O) groups is 3. The monoisotopic (exact) mass is 464 g/mol. The molecule has 4 aromatic rings. The second-order valence-electron chi connectivity index (χ2n) is 8.18. The van der Waals surface area contributed by atoms with E-state index in [1.165, 1.54) is 29.2 Å². The van der Waals surface area contributed by atoms with Crippen LogP contribution in [0.15, 0.2) is 97.1 Å². The van der Waals surface area contributed by atoms with E-state index in [-0.39, 0.29) is 19.0 Å². The van der Waals surface area contributed by atoms with Crippen LogP contribution in [0.1, 0.15) is 26.3 Å². The van der Waals surface area contributed by atoms with Crippen LogP contribution in [0.2, 0.25) is 0 Å². The van der Waals surface area contributed by atoms with Crippen molar-refractivity contribution < 1.29 is 18.8 Å². The largest absolute Gasteiger partial charge is 0.307 e. The molecule has 1 aliphatic rings. The lowest BCUT2D eigenvalue weighted by atomic mass is 9.94. The van der Waals surface area contributed by atoms with Gasteiger partial charge in [0.15, 0.2) is 0 Å². The summed E-state index contributed by atoms with van der Waals surface area (Å²) < 4.78 is 14.0. The van der Waals surface area contributed by atoms with Crippen LogP contribution in [-0.2, 0) is 4.79 Å². The van der Waals surface area contributed by atoms with Crippen molar-refractivity contribution in [2.24, 2.45) is 0 Å². The first-order chi connectivity index (χ1) is 17.0. The van der Waals surface area contributed by atoms with E-state index in [1.807, 2.05) is 42.5 Å². The third-order valence-corrected chi connectivity index (χ3v) is 6.01. The van der Waals surface area contributed by atoms with Crippen molar-refractivity contribution in [3.05, 3.63) is 120 Å². The average Bonchev–Trinajstić information content (AvgIpc) is 2.88. The zero-order valence-electron chi connectivity index (χ0n) is 18.7. The summed E-state index contributed by atoms with van der Waals surface area (Å²) in [7, 11) is 0. The zero-order valence-corrected chi connectivity index (χ0v) is 18.7. The van der Waals surface area contributed by atoms with Gasteiger partial charge < -0.3 is 4.90 Å². The molecule has 6 heteroatoms. The van der Waals surface area contributed by atoms with Gasteiger partial charge in [0, 0.05) is 41.4 Å². The van der Waals surface area contributed by atoms with Crippen LogP contribution in [0, 0.1) is 5.82 Å². The molecule has 0 fully saturated rings. The lowest BCUT2D eigenvalue weighted by molar-refractivity contribution is -0.114. The molecule has 0 bridgehead atoms. The molecule has 0 aromatic heterocycles. The Balaban J connectivity index is 1.43. The van der Waals surface area contributed by atoms with Gasteiger partial charge in [0.25, 0.3) is 17.7 Å². The highest BCUT2D eigenvalue weighted by molar-refractivity contribution is 6.25. The highest BCUT2D eigenvalue weighted by Gasteiger charge is 2.33. The summed E-state index contributed by atoms with van der Waals surface area (Å²) in [6.45, 7) is -0.0269. The number of imide groups is 1. The highest BCUT2D eigenvalue weighted by Crippen LogP contribution is 2.30. The van der Waals surface area contributed by atoms with E-state index in [0.717, 1.165) is 15.8 Å². The Morgan fingerprint density at radius 2 is 1.49 bits per heavy atom. The maximum Gasteiger partial charge on any atom is 0.261 e. The fourth-order valence-corrected chi connectivity index (χ4v) is 4.32. The summed E-state index contributed by atoms with van der Waals surface area (Å²) in [5, 5.41) is 1.47. The van der Waals surface area contributed by atoms with Crippen molar-refractivity contribution in [1.29, 1.82) is 0 Å². The van der Waals surface area contributed by atoms with Gasteiger partial charge >= 0.3 is 0 Å². The van der Waals surface area contributed by atoms with Crippen LogP contribution in [0.5, 0.6) is 0 Å². The minimum absolute atomic E-state index is 0.0110. The molecule has 0 radical (unpaired) electrons. The lowest BCUT2D eigenvalue weighted by Crippen LogP contribution is -2.45. The molecule has 0 saturated heterocycles. The van der Waals surface area contributed by atoms with Crippen LogP contribution < -0.4 is 4.90 Å². The SMILES string of the molecule is O=C1c2cccc3cccc(c23)C(=O)N1CCN(C(=O)/C=C/c1ccccc1)c1cccc(F)c1. The second-order valence-corrected chi connectivity index (χ2v) is 8.18. The number of amides is 3. The molecule has 1 heterocycles. The number of benzene rings is 4. The first kappa shape index (κ1) is 22.2. The smallest absolute Gasteiger partial charge is 0.261 e. The number of rotatable bonds is 6. The van der Waals surface area contributed by atoms with Crippen LogP contribution in [-0.4, -0.2) is 35.7 Å². The minimum Gasteiger partial charge on any atom is -0.307 e. The van der Waals surface area contributed by atoms with Crippen molar-refractivity contribution in [2.45, 2.75) is 0 Å². The van der Waals surface area contributed by atoms with Crippen molar-refractivity contribution >= 4 is 40.3 Å². The fourth-order valence-electron chi connectivity index (χ4n) is 4.32. The molecule has 0 atom stereocenters. The van der Waals surface area contributed by atoms with Crippen molar-refractivity contribution in [1.82, 2.24) is 4.90 Å². The number of hydrogen-bond donors (Lipinski definition) is 0. The molecule has 172 valence electrons. The number of halogens is 1. The summed E-state index contributed by atoms with van der Waals surface area (Å²) >= 11 is 0. The van der Waals surface area contributed by atoms with Crippen LogP contribution in [0.4, 0.5) is 10.1 Å². The van der Waals surface area contributed by atoms with Gasteiger partial charge in [-0.1, -0.05) is 60.7 Å². The molecule has 5 rings (SSSR count). The first-order valence-electron chi connectivity index (χ1n) is 11.2. The molecule has 3 amide bonds. The zero-order chi connectivity index (χ0) is 24.4. The second kappa shape index (κ2) is 9.35. The van der Waals surface area contributed by atoms with Gasteiger partial charge in [-0.05, 0) is 47.4 Å². The predicted molar refractivity (Wildman–Crippen MR) is 134 cm³/mol. The van der Waals surface area contributed by atoms with E-state index in [2.05, 4.69) is 0 Å². The van der Waals surface area contributed by atoms with E-state index in [9.17, 15) is 18.8 Å². The van der Waals surface area contributed by atoms with Crippen LogP contribution in [0.3, 0.4) is 0 Å².